The predicted octanol–water partition coefficient (Wildman–Crippen LogP) is 4.05. The fourth-order valence-corrected chi connectivity index (χ4v) is 5.99. The molecule has 2 aromatic carbocycles. The molecule has 0 aliphatic carbocycles. The number of esters is 1. The number of methoxy groups -OCH3 is 1. The number of para-hydroxylation sites is 1. The van der Waals surface area contributed by atoms with Crippen LogP contribution in [0.25, 0.3) is 0 Å². The van der Waals surface area contributed by atoms with E-state index in [2.05, 4.69) is 0 Å². The standard InChI is InChI=1S/C26H35N3O6S/c1-19-16-27(17-20(2)29(19)25(31)35-26(3,4)5)36(32,33)28(23-10-8-7-9-11-23)18-21-12-14-22(15-13-21)24(30)34-6/h7-15,19-20H,16-18H2,1-6H3/t19-,20+. The molecular weight excluding hydrogens is 482 g/mol. The third-order valence-corrected chi connectivity index (χ3v) is 7.69. The molecule has 1 aliphatic rings. The largest absolute Gasteiger partial charge is 0.465 e. The van der Waals surface area contributed by atoms with Gasteiger partial charge in [-0.25, -0.2) is 9.59 Å². The van der Waals surface area contributed by atoms with Gasteiger partial charge >= 0.3 is 22.3 Å². The van der Waals surface area contributed by atoms with Gasteiger partial charge in [-0.15, -0.1) is 0 Å². The summed E-state index contributed by atoms with van der Waals surface area (Å²) in [5.41, 5.74) is 0.969. The van der Waals surface area contributed by atoms with E-state index < -0.39 is 27.9 Å². The molecule has 0 spiro atoms. The first-order chi connectivity index (χ1) is 16.8. The van der Waals surface area contributed by atoms with Gasteiger partial charge in [-0.1, -0.05) is 30.3 Å². The summed E-state index contributed by atoms with van der Waals surface area (Å²) in [6.07, 6.45) is -0.454. The second kappa shape index (κ2) is 10.9. The monoisotopic (exact) mass is 517 g/mol. The van der Waals surface area contributed by atoms with Crippen LogP contribution in [0.5, 0.6) is 0 Å². The molecular formula is C26H35N3O6S. The van der Waals surface area contributed by atoms with Crippen LogP contribution in [0, 0.1) is 0 Å². The Morgan fingerprint density at radius 2 is 1.53 bits per heavy atom. The van der Waals surface area contributed by atoms with Crippen molar-refractivity contribution in [3.63, 3.8) is 0 Å². The smallest absolute Gasteiger partial charge is 0.410 e. The third kappa shape index (κ3) is 6.36. The van der Waals surface area contributed by atoms with E-state index in [1.807, 2.05) is 19.9 Å². The lowest BCUT2D eigenvalue weighted by molar-refractivity contribution is -0.00502. The summed E-state index contributed by atoms with van der Waals surface area (Å²) in [6.45, 7) is 9.39. The number of benzene rings is 2. The van der Waals surface area contributed by atoms with Crippen molar-refractivity contribution in [2.24, 2.45) is 0 Å². The predicted molar refractivity (Wildman–Crippen MR) is 138 cm³/mol. The zero-order chi connectivity index (χ0) is 26.7. The summed E-state index contributed by atoms with van der Waals surface area (Å²) in [6, 6.07) is 14.8. The molecule has 2 aromatic rings. The van der Waals surface area contributed by atoms with E-state index in [0.717, 1.165) is 0 Å². The first-order valence-electron chi connectivity index (χ1n) is 11.8. The molecule has 1 amide bonds. The van der Waals surface area contributed by atoms with Gasteiger partial charge in [0.15, 0.2) is 0 Å². The molecule has 0 N–H and O–H groups in total. The van der Waals surface area contributed by atoms with Crippen molar-refractivity contribution in [1.29, 1.82) is 0 Å². The first-order valence-corrected chi connectivity index (χ1v) is 13.2. The van der Waals surface area contributed by atoms with Crippen LogP contribution in [0.3, 0.4) is 0 Å². The third-order valence-electron chi connectivity index (χ3n) is 5.84. The summed E-state index contributed by atoms with van der Waals surface area (Å²) in [4.78, 5) is 26.2. The zero-order valence-electron chi connectivity index (χ0n) is 21.7. The summed E-state index contributed by atoms with van der Waals surface area (Å²) in [7, 11) is -2.65. The highest BCUT2D eigenvalue weighted by Crippen LogP contribution is 2.27. The minimum absolute atomic E-state index is 0.0723. The molecule has 196 valence electrons. The highest BCUT2D eigenvalue weighted by atomic mass is 32.2. The fourth-order valence-electron chi connectivity index (χ4n) is 4.21. The average molecular weight is 518 g/mol. The van der Waals surface area contributed by atoms with Gasteiger partial charge in [0, 0.05) is 25.2 Å². The molecule has 10 heteroatoms. The molecule has 1 heterocycles. The van der Waals surface area contributed by atoms with Crippen LogP contribution in [0.4, 0.5) is 10.5 Å². The van der Waals surface area contributed by atoms with Crippen LogP contribution < -0.4 is 4.31 Å². The van der Waals surface area contributed by atoms with Gasteiger partial charge in [-0.2, -0.15) is 12.7 Å². The van der Waals surface area contributed by atoms with Crippen molar-refractivity contribution < 1.29 is 27.5 Å². The van der Waals surface area contributed by atoms with E-state index >= 15 is 0 Å². The second-order valence-corrected chi connectivity index (χ2v) is 11.8. The normalized spacial score (nSPS) is 19.0. The number of amides is 1. The van der Waals surface area contributed by atoms with E-state index in [-0.39, 0.29) is 31.7 Å². The molecule has 0 saturated carbocycles. The van der Waals surface area contributed by atoms with Crippen LogP contribution in [0.15, 0.2) is 54.6 Å². The van der Waals surface area contributed by atoms with Crippen LogP contribution in [0.1, 0.15) is 50.5 Å². The maximum Gasteiger partial charge on any atom is 0.410 e. The van der Waals surface area contributed by atoms with Crippen molar-refractivity contribution in [2.45, 2.75) is 58.8 Å². The number of carbonyl (C=O) groups is 2. The minimum Gasteiger partial charge on any atom is -0.465 e. The summed E-state index contributed by atoms with van der Waals surface area (Å²) < 4.78 is 41.0. The number of anilines is 1. The van der Waals surface area contributed by atoms with Crippen LogP contribution >= 0.6 is 0 Å². The van der Waals surface area contributed by atoms with Crippen LogP contribution in [0.2, 0.25) is 0 Å². The maximum absolute atomic E-state index is 14.0. The number of ether oxygens (including phenoxy) is 2. The lowest BCUT2D eigenvalue weighted by atomic mass is 10.1. The van der Waals surface area contributed by atoms with E-state index in [9.17, 15) is 18.0 Å². The van der Waals surface area contributed by atoms with Crippen molar-refractivity contribution in [1.82, 2.24) is 9.21 Å². The van der Waals surface area contributed by atoms with Gasteiger partial charge in [0.2, 0.25) is 0 Å². The Morgan fingerprint density at radius 3 is 2.03 bits per heavy atom. The van der Waals surface area contributed by atoms with Gasteiger partial charge < -0.3 is 14.4 Å². The van der Waals surface area contributed by atoms with Gasteiger partial charge in [0.25, 0.3) is 0 Å². The molecule has 9 nitrogen and oxygen atoms in total. The number of piperazine rings is 1. The highest BCUT2D eigenvalue weighted by Gasteiger charge is 2.41. The SMILES string of the molecule is COC(=O)c1ccc(CN(c2ccccc2)S(=O)(=O)N2C[C@@H](C)N(C(=O)OC(C)(C)C)[C@@H](C)C2)cc1. The Labute approximate surface area is 213 Å². The summed E-state index contributed by atoms with van der Waals surface area (Å²) in [5, 5.41) is 0. The van der Waals surface area contributed by atoms with E-state index in [1.54, 1.807) is 74.2 Å². The second-order valence-electron chi connectivity index (χ2n) is 9.94. The Bertz CT molecular complexity index is 1150. The maximum atomic E-state index is 14.0. The van der Waals surface area contributed by atoms with E-state index in [4.69, 9.17) is 9.47 Å². The van der Waals surface area contributed by atoms with E-state index in [1.165, 1.54) is 15.7 Å². The van der Waals surface area contributed by atoms with Crippen molar-refractivity contribution >= 4 is 28.0 Å². The zero-order valence-corrected chi connectivity index (χ0v) is 22.5. The van der Waals surface area contributed by atoms with Crippen molar-refractivity contribution in [3.8, 4) is 0 Å². The first kappa shape index (κ1) is 27.5. The molecule has 1 aliphatic heterocycles. The number of carbonyl (C=O) groups excluding carboxylic acids is 2. The number of hydrogen-bond acceptors (Lipinski definition) is 6. The quantitative estimate of drug-likeness (QED) is 0.537. The van der Waals surface area contributed by atoms with E-state index in [0.29, 0.717) is 16.8 Å². The molecule has 1 saturated heterocycles. The minimum atomic E-state index is -3.96. The lowest BCUT2D eigenvalue weighted by Gasteiger charge is -2.45. The Morgan fingerprint density at radius 1 is 0.972 bits per heavy atom. The molecule has 0 bridgehead atoms. The summed E-state index contributed by atoms with van der Waals surface area (Å²) >= 11 is 0. The van der Waals surface area contributed by atoms with Gasteiger partial charge in [-0.3, -0.25) is 4.31 Å². The Balaban J connectivity index is 1.87. The van der Waals surface area contributed by atoms with Gasteiger partial charge in [0.05, 0.1) is 24.9 Å². The molecule has 0 aromatic heterocycles. The Kier molecular flexibility index (Phi) is 8.30. The molecule has 3 rings (SSSR count). The number of rotatable bonds is 6. The molecule has 0 unspecified atom stereocenters. The van der Waals surface area contributed by atoms with Gasteiger partial charge in [-0.05, 0) is 64.4 Å². The fraction of sp³-hybridized carbons (Fsp3) is 0.462. The van der Waals surface area contributed by atoms with Gasteiger partial charge in [0.1, 0.15) is 5.60 Å². The number of hydrogen-bond donors (Lipinski definition) is 0. The highest BCUT2D eigenvalue weighted by molar-refractivity contribution is 7.90. The molecule has 0 radical (unpaired) electrons. The van der Waals surface area contributed by atoms with Crippen LogP contribution in [-0.2, 0) is 26.2 Å². The molecule has 2 atom stereocenters. The average Bonchev–Trinajstić information content (AvgIpc) is 2.81. The lowest BCUT2D eigenvalue weighted by Crippen LogP contribution is -2.62. The van der Waals surface area contributed by atoms with Crippen LogP contribution in [-0.4, -0.2) is 67.6 Å². The summed E-state index contributed by atoms with van der Waals surface area (Å²) in [5.74, 6) is -0.458. The molecule has 36 heavy (non-hydrogen) atoms. The topological polar surface area (TPSA) is 96.5 Å². The Hall–Kier alpha value is -3.11. The van der Waals surface area contributed by atoms with Crippen molar-refractivity contribution in [2.75, 3.05) is 24.5 Å². The number of nitrogens with zero attached hydrogens (tertiary/aromatic N) is 3. The van der Waals surface area contributed by atoms with Crippen molar-refractivity contribution in [3.05, 3.63) is 65.7 Å². The molecule has 1 fully saturated rings.